The van der Waals surface area contributed by atoms with E-state index in [1.54, 1.807) is 11.3 Å². The Morgan fingerprint density at radius 1 is 1.53 bits per heavy atom. The molecule has 0 aliphatic heterocycles. The number of hydrogen-bond donors (Lipinski definition) is 0. The minimum Gasteiger partial charge on any atom is -0.380 e. The largest absolute Gasteiger partial charge is 0.380 e. The van der Waals surface area contributed by atoms with E-state index < -0.39 is 0 Å². The molecular formula is C10H17ClN2OS. The molecule has 0 atom stereocenters. The molecule has 3 nitrogen and oxygen atoms in total. The number of nitrogens with zero attached hydrogens (tertiary/aromatic N) is 2. The molecule has 0 N–H and O–H groups in total. The highest BCUT2D eigenvalue weighted by Gasteiger charge is 2.08. The molecule has 5 heteroatoms. The van der Waals surface area contributed by atoms with Gasteiger partial charge in [0.2, 0.25) is 0 Å². The first-order valence-corrected chi connectivity index (χ1v) is 6.56. The molecule has 0 radical (unpaired) electrons. The highest BCUT2D eigenvalue weighted by atomic mass is 35.5. The molecule has 0 unspecified atom stereocenters. The number of likely N-dealkylation sites (N-methyl/N-ethyl adjacent to an activating group) is 1. The van der Waals surface area contributed by atoms with Gasteiger partial charge in [-0.1, -0.05) is 0 Å². The van der Waals surface area contributed by atoms with E-state index in [0.717, 1.165) is 37.1 Å². The number of thiazole rings is 1. The van der Waals surface area contributed by atoms with Crippen molar-refractivity contribution in [3.8, 4) is 0 Å². The van der Waals surface area contributed by atoms with Crippen LogP contribution in [0.5, 0.6) is 0 Å². The van der Waals surface area contributed by atoms with Crippen molar-refractivity contribution < 1.29 is 4.74 Å². The van der Waals surface area contributed by atoms with Crippen LogP contribution in [0.3, 0.4) is 0 Å². The first-order chi connectivity index (χ1) is 7.31. The molecule has 15 heavy (non-hydrogen) atoms. The van der Waals surface area contributed by atoms with Crippen molar-refractivity contribution in [2.24, 2.45) is 0 Å². The lowest BCUT2D eigenvalue weighted by atomic mass is 10.5. The van der Waals surface area contributed by atoms with Gasteiger partial charge < -0.3 is 9.64 Å². The van der Waals surface area contributed by atoms with Gasteiger partial charge in [0.1, 0.15) is 0 Å². The molecule has 1 heterocycles. The maximum atomic E-state index is 5.72. The summed E-state index contributed by atoms with van der Waals surface area (Å²) < 4.78 is 5.33. The highest BCUT2D eigenvalue weighted by Crippen LogP contribution is 2.20. The second-order valence-corrected chi connectivity index (χ2v) is 4.14. The van der Waals surface area contributed by atoms with Crippen LogP contribution in [0, 0.1) is 0 Å². The van der Waals surface area contributed by atoms with Crippen LogP contribution < -0.4 is 4.90 Å². The van der Waals surface area contributed by atoms with E-state index in [0.29, 0.717) is 5.88 Å². The molecule has 0 bridgehead atoms. The third-order valence-electron chi connectivity index (χ3n) is 2.04. The van der Waals surface area contributed by atoms with Crippen LogP contribution >= 0.6 is 22.9 Å². The molecule has 86 valence electrons. The Kier molecular flexibility index (Phi) is 5.98. The van der Waals surface area contributed by atoms with Gasteiger partial charge in [-0.15, -0.1) is 22.9 Å². The maximum Gasteiger partial charge on any atom is 0.185 e. The monoisotopic (exact) mass is 248 g/mol. The molecule has 0 saturated heterocycles. The molecule has 0 fully saturated rings. The summed E-state index contributed by atoms with van der Waals surface area (Å²) in [5.74, 6) is 0.486. The number of ether oxygens (including phenoxy) is 1. The van der Waals surface area contributed by atoms with Gasteiger partial charge in [0, 0.05) is 25.1 Å². The molecule has 1 rings (SSSR count). The van der Waals surface area contributed by atoms with Crippen LogP contribution in [0.2, 0.25) is 0 Å². The summed E-state index contributed by atoms with van der Waals surface area (Å²) in [5.41, 5.74) is 0.950. The Balaban J connectivity index is 2.49. The van der Waals surface area contributed by atoms with Crippen molar-refractivity contribution in [1.82, 2.24) is 4.98 Å². The van der Waals surface area contributed by atoms with E-state index in [1.807, 2.05) is 12.3 Å². The summed E-state index contributed by atoms with van der Waals surface area (Å²) in [5, 5.41) is 3.04. The standard InChI is InChI=1S/C10H17ClN2OS/c1-3-13(5-6-14-4-2)10-12-9(7-11)8-15-10/h8H,3-7H2,1-2H3. The second-order valence-electron chi connectivity index (χ2n) is 3.03. The first kappa shape index (κ1) is 12.7. The Morgan fingerprint density at radius 3 is 2.87 bits per heavy atom. The van der Waals surface area contributed by atoms with Crippen molar-refractivity contribution in [3.05, 3.63) is 11.1 Å². The third kappa shape index (κ3) is 3.97. The van der Waals surface area contributed by atoms with Crippen LogP contribution in [0.1, 0.15) is 19.5 Å². The van der Waals surface area contributed by atoms with Crippen LogP contribution in [-0.2, 0) is 10.6 Å². The fourth-order valence-electron chi connectivity index (χ4n) is 1.21. The summed E-state index contributed by atoms with van der Waals surface area (Å²) in [6, 6.07) is 0. The Morgan fingerprint density at radius 2 is 2.33 bits per heavy atom. The molecule has 0 aliphatic rings. The van der Waals surface area contributed by atoms with Gasteiger partial charge >= 0.3 is 0 Å². The van der Waals surface area contributed by atoms with Gasteiger partial charge in [-0.25, -0.2) is 4.98 Å². The molecule has 0 spiro atoms. The molecule has 0 aliphatic carbocycles. The first-order valence-electron chi connectivity index (χ1n) is 5.14. The van der Waals surface area contributed by atoms with E-state index in [1.165, 1.54) is 0 Å². The number of hydrogen-bond acceptors (Lipinski definition) is 4. The quantitative estimate of drug-likeness (QED) is 0.548. The Bertz CT molecular complexity index is 280. The molecular weight excluding hydrogens is 232 g/mol. The lowest BCUT2D eigenvalue weighted by Gasteiger charge is -2.19. The topological polar surface area (TPSA) is 25.4 Å². The predicted molar refractivity (Wildman–Crippen MR) is 66.1 cm³/mol. The predicted octanol–water partition coefficient (Wildman–Crippen LogP) is 2.74. The average Bonchev–Trinajstić information content (AvgIpc) is 2.73. The van der Waals surface area contributed by atoms with Crippen LogP contribution in [0.25, 0.3) is 0 Å². The lowest BCUT2D eigenvalue weighted by Crippen LogP contribution is -2.27. The Labute approximate surface area is 100 Å². The normalized spacial score (nSPS) is 10.6. The fraction of sp³-hybridized carbons (Fsp3) is 0.700. The Hall–Kier alpha value is -0.320. The summed E-state index contributed by atoms with van der Waals surface area (Å²) in [6.45, 7) is 7.48. The summed E-state index contributed by atoms with van der Waals surface area (Å²) >= 11 is 7.36. The number of alkyl halides is 1. The second kappa shape index (κ2) is 7.04. The summed E-state index contributed by atoms with van der Waals surface area (Å²) in [6.07, 6.45) is 0. The smallest absolute Gasteiger partial charge is 0.185 e. The van der Waals surface area contributed by atoms with Gasteiger partial charge in [-0.3, -0.25) is 0 Å². The zero-order valence-electron chi connectivity index (χ0n) is 9.20. The van der Waals surface area contributed by atoms with Crippen LogP contribution in [0.15, 0.2) is 5.38 Å². The average molecular weight is 249 g/mol. The van der Waals surface area contributed by atoms with E-state index >= 15 is 0 Å². The van der Waals surface area contributed by atoms with E-state index in [-0.39, 0.29) is 0 Å². The van der Waals surface area contributed by atoms with Gasteiger partial charge in [-0.05, 0) is 13.8 Å². The minimum atomic E-state index is 0.486. The van der Waals surface area contributed by atoms with Gasteiger partial charge in [0.15, 0.2) is 5.13 Å². The van der Waals surface area contributed by atoms with Gasteiger partial charge in [-0.2, -0.15) is 0 Å². The van der Waals surface area contributed by atoms with Gasteiger partial charge in [0.25, 0.3) is 0 Å². The van der Waals surface area contributed by atoms with Crippen LogP contribution in [0.4, 0.5) is 5.13 Å². The molecule has 0 saturated carbocycles. The molecule has 1 aromatic heterocycles. The number of rotatable bonds is 7. The van der Waals surface area contributed by atoms with E-state index in [9.17, 15) is 0 Å². The maximum absolute atomic E-state index is 5.72. The molecule has 0 amide bonds. The third-order valence-corrected chi connectivity index (χ3v) is 3.26. The van der Waals surface area contributed by atoms with Crippen molar-refractivity contribution >= 4 is 28.1 Å². The minimum absolute atomic E-state index is 0.486. The zero-order chi connectivity index (χ0) is 11.1. The van der Waals surface area contributed by atoms with Crippen molar-refractivity contribution in [1.29, 1.82) is 0 Å². The zero-order valence-corrected chi connectivity index (χ0v) is 10.8. The molecule has 1 aromatic rings. The van der Waals surface area contributed by atoms with Gasteiger partial charge in [0.05, 0.1) is 18.2 Å². The number of halogens is 1. The van der Waals surface area contributed by atoms with Crippen molar-refractivity contribution in [2.45, 2.75) is 19.7 Å². The highest BCUT2D eigenvalue weighted by molar-refractivity contribution is 7.13. The molecule has 0 aromatic carbocycles. The van der Waals surface area contributed by atoms with Crippen molar-refractivity contribution in [3.63, 3.8) is 0 Å². The van der Waals surface area contributed by atoms with E-state index in [2.05, 4.69) is 16.8 Å². The number of aromatic nitrogens is 1. The fourth-order valence-corrected chi connectivity index (χ4v) is 2.36. The van der Waals surface area contributed by atoms with Crippen molar-refractivity contribution in [2.75, 3.05) is 31.2 Å². The summed E-state index contributed by atoms with van der Waals surface area (Å²) in [4.78, 5) is 6.64. The SMILES string of the molecule is CCOCCN(CC)c1nc(CCl)cs1. The summed E-state index contributed by atoms with van der Waals surface area (Å²) in [7, 11) is 0. The number of anilines is 1. The lowest BCUT2D eigenvalue weighted by molar-refractivity contribution is 0.154. The van der Waals surface area contributed by atoms with Crippen LogP contribution in [-0.4, -0.2) is 31.3 Å². The van der Waals surface area contributed by atoms with E-state index in [4.69, 9.17) is 16.3 Å².